The summed E-state index contributed by atoms with van der Waals surface area (Å²) in [6.45, 7) is 8.13. The molecule has 0 saturated carbocycles. The molecule has 148 valence electrons. The fourth-order valence-electron chi connectivity index (χ4n) is 2.53. The monoisotopic (exact) mass is 455 g/mol. The maximum atomic E-state index is 6.21. The van der Waals surface area contributed by atoms with Crippen molar-refractivity contribution < 1.29 is 14.2 Å². The van der Waals surface area contributed by atoms with Gasteiger partial charge in [0.15, 0.2) is 11.5 Å². The Morgan fingerprint density at radius 3 is 2.52 bits per heavy atom. The van der Waals surface area contributed by atoms with E-state index in [1.807, 2.05) is 50.2 Å². The van der Waals surface area contributed by atoms with Crippen LogP contribution in [0.2, 0.25) is 5.02 Å². The van der Waals surface area contributed by atoms with Crippen LogP contribution >= 0.6 is 27.5 Å². The highest BCUT2D eigenvalue weighted by atomic mass is 79.9. The van der Waals surface area contributed by atoms with Crippen LogP contribution in [0, 0.1) is 0 Å². The molecule has 27 heavy (non-hydrogen) atoms. The summed E-state index contributed by atoms with van der Waals surface area (Å²) in [6.07, 6.45) is 0.989. The molecule has 0 aromatic heterocycles. The third-order valence-corrected chi connectivity index (χ3v) is 5.02. The molecule has 0 aliphatic rings. The Balaban J connectivity index is 2.00. The zero-order valence-electron chi connectivity index (χ0n) is 15.9. The maximum absolute atomic E-state index is 6.21. The maximum Gasteiger partial charge on any atom is 0.162 e. The molecule has 0 bridgehead atoms. The Bertz CT molecular complexity index is 712. The number of hydrogen-bond acceptors (Lipinski definition) is 4. The van der Waals surface area contributed by atoms with E-state index in [4.69, 9.17) is 25.8 Å². The minimum atomic E-state index is 0.390. The van der Waals surface area contributed by atoms with Gasteiger partial charge in [0.05, 0.1) is 6.61 Å². The molecule has 0 saturated heterocycles. The van der Waals surface area contributed by atoms with Crippen molar-refractivity contribution in [3.05, 3.63) is 57.0 Å². The van der Waals surface area contributed by atoms with Crippen LogP contribution in [0.4, 0.5) is 0 Å². The summed E-state index contributed by atoms with van der Waals surface area (Å²) in [5, 5.41) is 4.13. The zero-order chi connectivity index (χ0) is 19.5. The van der Waals surface area contributed by atoms with Crippen molar-refractivity contribution >= 4 is 27.5 Å². The zero-order valence-corrected chi connectivity index (χ0v) is 18.2. The van der Waals surface area contributed by atoms with E-state index in [9.17, 15) is 0 Å². The van der Waals surface area contributed by atoms with Crippen LogP contribution < -0.4 is 14.8 Å². The molecule has 0 unspecified atom stereocenters. The molecule has 1 N–H and O–H groups in total. The van der Waals surface area contributed by atoms with Crippen molar-refractivity contribution in [3.8, 4) is 11.5 Å². The molecule has 0 atom stereocenters. The lowest BCUT2D eigenvalue weighted by molar-refractivity contribution is 0.144. The number of nitrogens with one attached hydrogen (secondary N) is 1. The molecule has 2 rings (SSSR count). The predicted molar refractivity (Wildman–Crippen MR) is 114 cm³/mol. The second-order valence-electron chi connectivity index (χ2n) is 5.93. The van der Waals surface area contributed by atoms with Gasteiger partial charge in [-0.2, -0.15) is 0 Å². The topological polar surface area (TPSA) is 39.7 Å². The van der Waals surface area contributed by atoms with Gasteiger partial charge in [0.25, 0.3) is 0 Å². The lowest BCUT2D eigenvalue weighted by atomic mass is 10.2. The molecule has 6 heteroatoms. The van der Waals surface area contributed by atoms with E-state index in [2.05, 4.69) is 21.2 Å². The molecule has 0 radical (unpaired) electrons. The van der Waals surface area contributed by atoms with Crippen LogP contribution in [0.3, 0.4) is 0 Å². The number of benzene rings is 2. The summed E-state index contributed by atoms with van der Waals surface area (Å²) < 4.78 is 18.1. The quantitative estimate of drug-likeness (QED) is 0.422. The first kappa shape index (κ1) is 22.0. The van der Waals surface area contributed by atoms with Crippen molar-refractivity contribution in [2.24, 2.45) is 0 Å². The van der Waals surface area contributed by atoms with Gasteiger partial charge in [-0.15, -0.1) is 0 Å². The van der Waals surface area contributed by atoms with Crippen molar-refractivity contribution in [1.29, 1.82) is 0 Å². The number of ether oxygens (including phenoxy) is 3. The average Bonchev–Trinajstić information content (AvgIpc) is 2.66. The van der Waals surface area contributed by atoms with E-state index in [0.717, 1.165) is 54.1 Å². The molecular weight excluding hydrogens is 430 g/mol. The number of hydrogen-bond donors (Lipinski definition) is 1. The van der Waals surface area contributed by atoms with Crippen LogP contribution in [0.15, 0.2) is 40.9 Å². The van der Waals surface area contributed by atoms with Gasteiger partial charge in [-0.1, -0.05) is 45.7 Å². The second kappa shape index (κ2) is 12.2. The summed E-state index contributed by atoms with van der Waals surface area (Å²) in [5.74, 6) is 1.43. The van der Waals surface area contributed by atoms with Gasteiger partial charge in [0.1, 0.15) is 6.61 Å². The van der Waals surface area contributed by atoms with Gasteiger partial charge < -0.3 is 19.5 Å². The van der Waals surface area contributed by atoms with E-state index in [0.29, 0.717) is 24.0 Å². The highest BCUT2D eigenvalue weighted by molar-refractivity contribution is 9.10. The summed E-state index contributed by atoms with van der Waals surface area (Å²) in [5.41, 5.74) is 2.07. The predicted octanol–water partition coefficient (Wildman–Crippen LogP) is 5.60. The van der Waals surface area contributed by atoms with Gasteiger partial charge in [0, 0.05) is 34.8 Å². The molecule has 0 aliphatic carbocycles. The van der Waals surface area contributed by atoms with Gasteiger partial charge in [-0.25, -0.2) is 0 Å². The van der Waals surface area contributed by atoms with Crippen molar-refractivity contribution in [1.82, 2.24) is 5.32 Å². The summed E-state index contributed by atoms with van der Waals surface area (Å²) >= 11 is 9.85. The summed E-state index contributed by atoms with van der Waals surface area (Å²) in [6, 6.07) is 11.6. The highest BCUT2D eigenvalue weighted by Gasteiger charge is 2.12. The number of halogens is 2. The Hall–Kier alpha value is -1.27. The minimum Gasteiger partial charge on any atom is -0.490 e. The normalized spacial score (nSPS) is 10.8. The number of rotatable bonds is 12. The molecule has 2 aromatic carbocycles. The largest absolute Gasteiger partial charge is 0.490 e. The minimum absolute atomic E-state index is 0.390. The third-order valence-electron chi connectivity index (χ3n) is 3.92. The first-order valence-electron chi connectivity index (χ1n) is 9.25. The smallest absolute Gasteiger partial charge is 0.162 e. The molecule has 0 amide bonds. The van der Waals surface area contributed by atoms with Crippen molar-refractivity contribution in [2.75, 3.05) is 26.4 Å². The van der Waals surface area contributed by atoms with E-state index >= 15 is 0 Å². The molecular formula is C21H27BrClNO3. The van der Waals surface area contributed by atoms with E-state index in [1.165, 1.54) is 0 Å². The molecule has 4 nitrogen and oxygen atoms in total. The highest BCUT2D eigenvalue weighted by Crippen LogP contribution is 2.34. The Kier molecular flexibility index (Phi) is 9.98. The van der Waals surface area contributed by atoms with Gasteiger partial charge in [-0.05, 0) is 50.6 Å². The first-order valence-corrected chi connectivity index (χ1v) is 10.4. The van der Waals surface area contributed by atoms with E-state index in [-0.39, 0.29) is 0 Å². The Morgan fingerprint density at radius 1 is 1.00 bits per heavy atom. The van der Waals surface area contributed by atoms with Crippen LogP contribution in [-0.4, -0.2) is 26.4 Å². The SMILES string of the molecule is CCOCCCNCc1cc(OCC)c(OCc2ccccc2Cl)cc1Br. The lowest BCUT2D eigenvalue weighted by Crippen LogP contribution is -2.17. The molecule has 0 heterocycles. The molecule has 0 aliphatic heterocycles. The van der Waals surface area contributed by atoms with Crippen LogP contribution in [0.5, 0.6) is 11.5 Å². The average molecular weight is 457 g/mol. The summed E-state index contributed by atoms with van der Waals surface area (Å²) in [4.78, 5) is 0. The third kappa shape index (κ3) is 7.34. The van der Waals surface area contributed by atoms with Gasteiger partial charge >= 0.3 is 0 Å². The van der Waals surface area contributed by atoms with Gasteiger partial charge in [0.2, 0.25) is 0 Å². The summed E-state index contributed by atoms with van der Waals surface area (Å²) in [7, 11) is 0. The van der Waals surface area contributed by atoms with Crippen molar-refractivity contribution in [2.45, 2.75) is 33.4 Å². The van der Waals surface area contributed by atoms with Crippen LogP contribution in [0.25, 0.3) is 0 Å². The Morgan fingerprint density at radius 2 is 1.78 bits per heavy atom. The second-order valence-corrected chi connectivity index (χ2v) is 7.19. The van der Waals surface area contributed by atoms with Crippen LogP contribution in [-0.2, 0) is 17.9 Å². The Labute approximate surface area is 175 Å². The van der Waals surface area contributed by atoms with Gasteiger partial charge in [-0.3, -0.25) is 0 Å². The fourth-order valence-corrected chi connectivity index (χ4v) is 3.18. The van der Waals surface area contributed by atoms with Crippen molar-refractivity contribution in [3.63, 3.8) is 0 Å². The van der Waals surface area contributed by atoms with E-state index in [1.54, 1.807) is 0 Å². The standard InChI is InChI=1S/C21H27BrClNO3/c1-3-25-11-7-10-24-14-17-12-20(26-4-2)21(13-18(17)22)27-15-16-8-5-6-9-19(16)23/h5-6,8-9,12-13,24H,3-4,7,10-11,14-15H2,1-2H3. The van der Waals surface area contributed by atoms with Crippen LogP contribution in [0.1, 0.15) is 31.4 Å². The molecule has 2 aromatic rings. The first-order chi connectivity index (χ1) is 13.2. The lowest BCUT2D eigenvalue weighted by Gasteiger charge is -2.16. The molecule has 0 spiro atoms. The van der Waals surface area contributed by atoms with E-state index < -0.39 is 0 Å². The molecule has 0 fully saturated rings. The fraction of sp³-hybridized carbons (Fsp3) is 0.429.